The number of ether oxygens (including phenoxy) is 1. The Morgan fingerprint density at radius 1 is 1.23 bits per heavy atom. The number of anilines is 1. The molecule has 1 fully saturated rings. The molecule has 3 aromatic heterocycles. The van der Waals surface area contributed by atoms with Crippen LogP contribution in [0.15, 0.2) is 48.8 Å². The summed E-state index contributed by atoms with van der Waals surface area (Å²) in [5.74, 6) is 0.421. The van der Waals surface area contributed by atoms with Gasteiger partial charge in [0.1, 0.15) is 11.6 Å². The molecule has 0 saturated heterocycles. The summed E-state index contributed by atoms with van der Waals surface area (Å²) in [6.45, 7) is 2.35. The van der Waals surface area contributed by atoms with Crippen LogP contribution in [0.5, 0.6) is 5.75 Å². The van der Waals surface area contributed by atoms with E-state index in [0.29, 0.717) is 40.7 Å². The van der Waals surface area contributed by atoms with Gasteiger partial charge in [0.25, 0.3) is 5.91 Å². The van der Waals surface area contributed by atoms with E-state index in [2.05, 4.69) is 20.4 Å². The minimum absolute atomic E-state index is 0.0140. The van der Waals surface area contributed by atoms with Gasteiger partial charge in [-0.05, 0) is 61.6 Å². The van der Waals surface area contributed by atoms with Crippen LogP contribution in [0.4, 0.5) is 10.3 Å². The average Bonchev–Trinajstić information content (AvgIpc) is 3.50. The van der Waals surface area contributed by atoms with E-state index in [1.54, 1.807) is 42.0 Å². The number of amides is 1. The molecule has 1 aliphatic rings. The van der Waals surface area contributed by atoms with Gasteiger partial charge in [-0.2, -0.15) is 4.98 Å². The lowest BCUT2D eigenvalue weighted by Gasteiger charge is -2.16. The van der Waals surface area contributed by atoms with Gasteiger partial charge in [0.15, 0.2) is 5.65 Å². The lowest BCUT2D eigenvalue weighted by atomic mass is 10.0. The van der Waals surface area contributed by atoms with Crippen LogP contribution >= 0.6 is 0 Å². The second-order valence-corrected chi connectivity index (χ2v) is 8.91. The van der Waals surface area contributed by atoms with E-state index >= 15 is 0 Å². The van der Waals surface area contributed by atoms with E-state index in [1.807, 2.05) is 12.1 Å². The number of aryl methyl sites for hydroxylation is 1. The van der Waals surface area contributed by atoms with E-state index in [9.17, 15) is 9.18 Å². The number of pyridine rings is 2. The second-order valence-electron chi connectivity index (χ2n) is 8.91. The fraction of sp³-hybridized carbons (Fsp3) is 0.308. The molecule has 5 rings (SSSR count). The average molecular weight is 475 g/mol. The van der Waals surface area contributed by atoms with Gasteiger partial charge in [-0.3, -0.25) is 9.78 Å². The molecule has 0 unspecified atom stereocenters. The smallest absolute Gasteiger partial charge is 0.253 e. The van der Waals surface area contributed by atoms with Gasteiger partial charge in [-0.15, -0.1) is 5.10 Å². The quantitative estimate of drug-likeness (QED) is 0.413. The summed E-state index contributed by atoms with van der Waals surface area (Å²) in [5, 5.41) is 6.91. The van der Waals surface area contributed by atoms with E-state index in [0.717, 1.165) is 24.0 Å². The summed E-state index contributed by atoms with van der Waals surface area (Å²) in [4.78, 5) is 21.6. The lowest BCUT2D eigenvalue weighted by molar-refractivity contribution is 0.0949. The van der Waals surface area contributed by atoms with Gasteiger partial charge in [-0.1, -0.05) is 18.9 Å². The Morgan fingerprint density at radius 3 is 2.89 bits per heavy atom. The molecule has 0 radical (unpaired) electrons. The standard InChI is InChI=1S/C26H27FN6O2/c1-16-20(11-19(13-29-16)18-9-10-33-24(12-18)31-26(28)32-33)25(34)30-14-21-22(27)7-4-8-23(21)35-15-17-5-2-3-6-17/h4,7-13,17H,2-3,5-6,14-15H2,1H3,(H2,28,32)(H,30,34). The molecule has 1 saturated carbocycles. The topological polar surface area (TPSA) is 107 Å². The molecule has 1 aromatic carbocycles. The molecule has 180 valence electrons. The highest BCUT2D eigenvalue weighted by Gasteiger charge is 2.19. The Morgan fingerprint density at radius 2 is 2.06 bits per heavy atom. The number of aromatic nitrogens is 4. The van der Waals surface area contributed by atoms with E-state index < -0.39 is 5.82 Å². The zero-order chi connectivity index (χ0) is 24.4. The molecule has 1 amide bonds. The number of carbonyl (C=O) groups is 1. The fourth-order valence-electron chi connectivity index (χ4n) is 4.49. The number of rotatable bonds is 7. The van der Waals surface area contributed by atoms with Crippen molar-refractivity contribution in [1.82, 2.24) is 24.9 Å². The van der Waals surface area contributed by atoms with Crippen molar-refractivity contribution in [2.24, 2.45) is 5.92 Å². The molecule has 0 atom stereocenters. The maximum atomic E-state index is 14.6. The monoisotopic (exact) mass is 474 g/mol. The Labute approximate surface area is 202 Å². The summed E-state index contributed by atoms with van der Waals surface area (Å²) in [6, 6.07) is 10.2. The largest absolute Gasteiger partial charge is 0.493 e. The van der Waals surface area contributed by atoms with Gasteiger partial charge >= 0.3 is 0 Å². The van der Waals surface area contributed by atoms with Crippen LogP contribution in [0.25, 0.3) is 16.8 Å². The Bertz CT molecular complexity index is 1380. The third-order valence-electron chi connectivity index (χ3n) is 6.47. The van der Waals surface area contributed by atoms with Gasteiger partial charge in [0.2, 0.25) is 5.95 Å². The minimum Gasteiger partial charge on any atom is -0.493 e. The van der Waals surface area contributed by atoms with Crippen LogP contribution in [-0.4, -0.2) is 32.1 Å². The third-order valence-corrected chi connectivity index (χ3v) is 6.47. The molecule has 0 bridgehead atoms. The van der Waals surface area contributed by atoms with Crippen molar-refractivity contribution < 1.29 is 13.9 Å². The van der Waals surface area contributed by atoms with E-state index in [4.69, 9.17) is 10.5 Å². The Balaban J connectivity index is 1.33. The third kappa shape index (κ3) is 4.94. The first kappa shape index (κ1) is 22.8. The van der Waals surface area contributed by atoms with Crippen LogP contribution in [0.1, 0.15) is 47.3 Å². The first-order chi connectivity index (χ1) is 17.0. The van der Waals surface area contributed by atoms with Crippen molar-refractivity contribution in [2.75, 3.05) is 12.3 Å². The number of carbonyl (C=O) groups excluding carboxylic acids is 1. The molecule has 4 aromatic rings. The lowest BCUT2D eigenvalue weighted by Crippen LogP contribution is -2.25. The maximum absolute atomic E-state index is 14.6. The van der Waals surface area contributed by atoms with Crippen molar-refractivity contribution in [3.05, 3.63) is 71.4 Å². The number of benzene rings is 1. The number of nitrogen functional groups attached to an aromatic ring is 1. The number of hydrogen-bond acceptors (Lipinski definition) is 6. The molecular weight excluding hydrogens is 447 g/mol. The van der Waals surface area contributed by atoms with E-state index in [-0.39, 0.29) is 18.4 Å². The SMILES string of the molecule is Cc1ncc(-c2ccn3nc(N)nc3c2)cc1C(=O)NCc1c(F)cccc1OCC1CCCC1. The number of nitrogens with one attached hydrogen (secondary N) is 1. The van der Waals surface area contributed by atoms with Crippen LogP contribution in [0, 0.1) is 18.7 Å². The molecule has 3 N–H and O–H groups in total. The molecule has 8 nitrogen and oxygen atoms in total. The predicted molar refractivity (Wildman–Crippen MR) is 130 cm³/mol. The number of nitrogens with two attached hydrogens (primary N) is 1. The van der Waals surface area contributed by atoms with E-state index in [1.165, 1.54) is 18.9 Å². The molecule has 0 spiro atoms. The normalized spacial score (nSPS) is 13.9. The number of nitrogens with zero attached hydrogens (tertiary/aromatic N) is 4. The maximum Gasteiger partial charge on any atom is 0.253 e. The first-order valence-electron chi connectivity index (χ1n) is 11.8. The van der Waals surface area contributed by atoms with Crippen LogP contribution in [0.2, 0.25) is 0 Å². The van der Waals surface area contributed by atoms with Crippen molar-refractivity contribution in [3.63, 3.8) is 0 Å². The number of halogens is 1. The summed E-state index contributed by atoms with van der Waals surface area (Å²) in [5.41, 5.74) is 9.16. The van der Waals surface area contributed by atoms with Crippen molar-refractivity contribution in [3.8, 4) is 16.9 Å². The van der Waals surface area contributed by atoms with Crippen molar-refractivity contribution in [1.29, 1.82) is 0 Å². The zero-order valence-corrected chi connectivity index (χ0v) is 19.5. The summed E-state index contributed by atoms with van der Waals surface area (Å²) in [7, 11) is 0. The minimum atomic E-state index is -0.404. The van der Waals surface area contributed by atoms with Gasteiger partial charge in [0.05, 0.1) is 17.9 Å². The highest BCUT2D eigenvalue weighted by molar-refractivity contribution is 5.96. The first-order valence-corrected chi connectivity index (χ1v) is 11.8. The Hall–Kier alpha value is -4.01. The van der Waals surface area contributed by atoms with Crippen LogP contribution < -0.4 is 15.8 Å². The summed E-state index contributed by atoms with van der Waals surface area (Å²) < 4.78 is 22.2. The highest BCUT2D eigenvalue weighted by atomic mass is 19.1. The van der Waals surface area contributed by atoms with Crippen molar-refractivity contribution in [2.45, 2.75) is 39.2 Å². The van der Waals surface area contributed by atoms with Crippen LogP contribution in [-0.2, 0) is 6.54 Å². The predicted octanol–water partition coefficient (Wildman–Crippen LogP) is 4.32. The molecule has 35 heavy (non-hydrogen) atoms. The molecule has 1 aliphatic carbocycles. The number of hydrogen-bond donors (Lipinski definition) is 2. The second kappa shape index (κ2) is 9.69. The summed E-state index contributed by atoms with van der Waals surface area (Å²) in [6.07, 6.45) is 8.16. The zero-order valence-electron chi connectivity index (χ0n) is 19.5. The molecule has 0 aliphatic heterocycles. The number of fused-ring (bicyclic) bond motifs is 1. The van der Waals surface area contributed by atoms with Crippen LogP contribution in [0.3, 0.4) is 0 Å². The highest BCUT2D eigenvalue weighted by Crippen LogP contribution is 2.28. The van der Waals surface area contributed by atoms with Gasteiger partial charge < -0.3 is 15.8 Å². The summed E-state index contributed by atoms with van der Waals surface area (Å²) >= 11 is 0. The van der Waals surface area contributed by atoms with Gasteiger partial charge in [0, 0.05) is 30.1 Å². The Kier molecular flexibility index (Phi) is 6.31. The van der Waals surface area contributed by atoms with Crippen molar-refractivity contribution >= 4 is 17.5 Å². The molecule has 3 heterocycles. The van der Waals surface area contributed by atoms with Gasteiger partial charge in [-0.25, -0.2) is 8.91 Å². The molecular formula is C26H27FN6O2. The molecule has 9 heteroatoms. The fourth-order valence-corrected chi connectivity index (χ4v) is 4.49.